The molecule has 0 bridgehead atoms. The fourth-order valence-electron chi connectivity index (χ4n) is 1.84. The topological polar surface area (TPSA) is 63.4 Å². The number of benzene rings is 2. The summed E-state index contributed by atoms with van der Waals surface area (Å²) in [6.07, 6.45) is -1.34. The average molecular weight is 333 g/mol. The lowest BCUT2D eigenvalue weighted by atomic mass is 10.00. The molecule has 104 valence electrons. The number of halogens is 3. The molecule has 2 aromatic rings. The van der Waals surface area contributed by atoms with Gasteiger partial charge in [0.1, 0.15) is 6.10 Å². The Hall–Kier alpha value is -1.33. The van der Waals surface area contributed by atoms with Crippen LogP contribution < -0.4 is 0 Å². The molecule has 20 heavy (non-hydrogen) atoms. The van der Waals surface area contributed by atoms with Gasteiger partial charge in [-0.05, 0) is 24.3 Å². The zero-order valence-corrected chi connectivity index (χ0v) is 12.2. The van der Waals surface area contributed by atoms with Gasteiger partial charge in [-0.15, -0.1) is 0 Å². The normalized spacial score (nSPS) is 12.2. The molecule has 0 unspecified atom stereocenters. The van der Waals surface area contributed by atoms with Gasteiger partial charge in [0.2, 0.25) is 0 Å². The highest BCUT2D eigenvalue weighted by atomic mass is 35.5. The van der Waals surface area contributed by atoms with Crippen molar-refractivity contribution < 1.29 is 10.0 Å². The molecule has 0 fully saturated rings. The first-order valence-corrected chi connectivity index (χ1v) is 6.61. The van der Waals surface area contributed by atoms with Crippen molar-refractivity contribution in [3.05, 3.63) is 72.7 Å². The highest BCUT2D eigenvalue weighted by Gasteiger charge is 2.25. The quantitative estimate of drug-likeness (QED) is 0.658. The van der Waals surface area contributed by atoms with Gasteiger partial charge < -0.3 is 5.11 Å². The van der Waals surface area contributed by atoms with Crippen LogP contribution in [-0.4, -0.2) is 10.0 Å². The monoisotopic (exact) mass is 331 g/mol. The number of aliphatic hydroxyl groups is 1. The highest BCUT2D eigenvalue weighted by Crippen LogP contribution is 2.38. The van der Waals surface area contributed by atoms with Crippen molar-refractivity contribution in [2.45, 2.75) is 6.10 Å². The largest absolute Gasteiger partial charge is 0.383 e. The summed E-state index contributed by atoms with van der Waals surface area (Å²) in [5.41, 5.74) is -0.00316. The number of hydrogen-bond acceptors (Lipinski definition) is 3. The Morgan fingerprint density at radius 3 is 2.25 bits per heavy atom. The minimum atomic E-state index is -1.34. The molecule has 4 nitrogen and oxygen atoms in total. The van der Waals surface area contributed by atoms with Crippen molar-refractivity contribution in [1.29, 1.82) is 0 Å². The highest BCUT2D eigenvalue weighted by molar-refractivity contribution is 6.36. The summed E-state index contributed by atoms with van der Waals surface area (Å²) in [5.74, 6) is 0. The van der Waals surface area contributed by atoms with Crippen LogP contribution in [0.5, 0.6) is 0 Å². The van der Waals surface area contributed by atoms with Crippen molar-refractivity contribution in [2.24, 2.45) is 0 Å². The molecule has 2 rings (SSSR count). The lowest BCUT2D eigenvalue weighted by Gasteiger charge is -2.15. The lowest BCUT2D eigenvalue weighted by molar-refractivity contribution is -0.386. The second kappa shape index (κ2) is 5.97. The Morgan fingerprint density at radius 2 is 1.70 bits per heavy atom. The predicted molar refractivity (Wildman–Crippen MR) is 78.6 cm³/mol. The van der Waals surface area contributed by atoms with Crippen LogP contribution in [0.2, 0.25) is 15.1 Å². The van der Waals surface area contributed by atoms with Crippen molar-refractivity contribution >= 4 is 40.5 Å². The summed E-state index contributed by atoms with van der Waals surface area (Å²) < 4.78 is 0. The fraction of sp³-hybridized carbons (Fsp3) is 0.0769. The third-order valence-electron chi connectivity index (χ3n) is 2.75. The number of nitrogens with zero attached hydrogens (tertiary/aromatic N) is 1. The number of rotatable bonds is 3. The molecule has 0 radical (unpaired) electrons. The van der Waals surface area contributed by atoms with Crippen LogP contribution in [0.1, 0.15) is 17.2 Å². The van der Waals surface area contributed by atoms with E-state index in [1.54, 1.807) is 18.2 Å². The van der Waals surface area contributed by atoms with E-state index in [2.05, 4.69) is 0 Å². The smallest absolute Gasteiger partial charge is 0.275 e. The predicted octanol–water partition coefficient (Wildman–Crippen LogP) is 4.64. The molecule has 0 aliphatic carbocycles. The molecule has 0 amide bonds. The van der Waals surface area contributed by atoms with Gasteiger partial charge in [-0.25, -0.2) is 0 Å². The minimum absolute atomic E-state index is 0.0394. The second-order valence-electron chi connectivity index (χ2n) is 4.00. The van der Waals surface area contributed by atoms with E-state index in [9.17, 15) is 15.2 Å². The molecule has 0 heterocycles. The van der Waals surface area contributed by atoms with Crippen molar-refractivity contribution in [1.82, 2.24) is 0 Å². The lowest BCUT2D eigenvalue weighted by Crippen LogP contribution is -2.05. The summed E-state index contributed by atoms with van der Waals surface area (Å²) in [7, 11) is 0. The van der Waals surface area contributed by atoms with Crippen molar-refractivity contribution in [3.8, 4) is 0 Å². The molecule has 0 spiro atoms. The van der Waals surface area contributed by atoms with Crippen LogP contribution in [0.3, 0.4) is 0 Å². The molecule has 0 aliphatic heterocycles. The Bertz CT molecular complexity index is 656. The van der Waals surface area contributed by atoms with Crippen molar-refractivity contribution in [3.63, 3.8) is 0 Å². The van der Waals surface area contributed by atoms with Gasteiger partial charge in [0.05, 0.1) is 10.5 Å². The first-order chi connectivity index (χ1) is 9.41. The van der Waals surface area contributed by atoms with Gasteiger partial charge in [-0.1, -0.05) is 40.9 Å². The number of aliphatic hydroxyl groups excluding tert-OH is 1. The number of nitro groups is 1. The van der Waals surface area contributed by atoms with Gasteiger partial charge in [-0.3, -0.25) is 10.1 Å². The number of nitro benzene ring substituents is 1. The van der Waals surface area contributed by atoms with Gasteiger partial charge in [0, 0.05) is 26.7 Å². The fourth-order valence-corrected chi connectivity index (χ4v) is 2.62. The molecule has 2 aromatic carbocycles. The van der Waals surface area contributed by atoms with Gasteiger partial charge in [0.15, 0.2) is 0 Å². The van der Waals surface area contributed by atoms with Crippen molar-refractivity contribution in [2.75, 3.05) is 0 Å². The minimum Gasteiger partial charge on any atom is -0.383 e. The van der Waals surface area contributed by atoms with Crippen LogP contribution in [0.25, 0.3) is 0 Å². The summed E-state index contributed by atoms with van der Waals surface area (Å²) >= 11 is 17.8. The Morgan fingerprint density at radius 1 is 1.10 bits per heavy atom. The molecule has 1 N–H and O–H groups in total. The Balaban J connectivity index is 2.61. The van der Waals surface area contributed by atoms with E-state index >= 15 is 0 Å². The van der Waals surface area contributed by atoms with Gasteiger partial charge >= 0.3 is 0 Å². The summed E-state index contributed by atoms with van der Waals surface area (Å²) in [4.78, 5) is 10.4. The van der Waals surface area contributed by atoms with Crippen LogP contribution in [0.15, 0.2) is 36.4 Å². The maximum Gasteiger partial charge on any atom is 0.275 e. The molecular weight excluding hydrogens is 325 g/mol. The SMILES string of the molecule is O=[N+]([O-])c1ccc(Cl)cc1[C@H](O)c1c(Cl)cccc1Cl. The van der Waals surface area contributed by atoms with Gasteiger partial charge in [-0.2, -0.15) is 0 Å². The zero-order chi connectivity index (χ0) is 14.9. The number of hydrogen-bond donors (Lipinski definition) is 1. The molecule has 0 aromatic heterocycles. The summed E-state index contributed by atoms with van der Waals surface area (Å²) in [6.45, 7) is 0. The molecule has 0 saturated carbocycles. The summed E-state index contributed by atoms with van der Waals surface area (Å²) in [6, 6.07) is 8.64. The van der Waals surface area contributed by atoms with E-state index in [-0.39, 0.29) is 31.9 Å². The van der Waals surface area contributed by atoms with E-state index in [4.69, 9.17) is 34.8 Å². The van der Waals surface area contributed by atoms with E-state index in [0.717, 1.165) is 0 Å². The molecule has 0 saturated heterocycles. The average Bonchev–Trinajstić information content (AvgIpc) is 2.37. The van der Waals surface area contributed by atoms with E-state index in [0.29, 0.717) is 0 Å². The van der Waals surface area contributed by atoms with E-state index < -0.39 is 11.0 Å². The Kier molecular flexibility index (Phi) is 4.50. The Labute approximate surface area is 129 Å². The molecule has 7 heteroatoms. The molecule has 1 atom stereocenters. The van der Waals surface area contributed by atoms with E-state index in [1.165, 1.54) is 18.2 Å². The third kappa shape index (κ3) is 2.88. The maximum atomic E-state index is 11.0. The van der Waals surface area contributed by atoms with Gasteiger partial charge in [0.25, 0.3) is 5.69 Å². The standard InChI is InChI=1S/C13H8Cl3NO3/c14-7-4-5-11(17(19)20)8(6-7)13(18)12-9(15)2-1-3-10(12)16/h1-6,13,18H/t13-/m0/s1. The third-order valence-corrected chi connectivity index (χ3v) is 3.65. The molecular formula is C13H8Cl3NO3. The summed E-state index contributed by atoms with van der Waals surface area (Å²) in [5, 5.41) is 22.1. The van der Waals surface area contributed by atoms with Crippen LogP contribution >= 0.6 is 34.8 Å². The maximum absolute atomic E-state index is 11.0. The zero-order valence-electron chi connectivity index (χ0n) is 9.89. The van der Waals surface area contributed by atoms with Crippen LogP contribution in [0, 0.1) is 10.1 Å². The van der Waals surface area contributed by atoms with Crippen LogP contribution in [0.4, 0.5) is 5.69 Å². The van der Waals surface area contributed by atoms with Crippen LogP contribution in [-0.2, 0) is 0 Å². The first-order valence-electron chi connectivity index (χ1n) is 5.47. The van der Waals surface area contributed by atoms with E-state index in [1.807, 2.05) is 0 Å². The first kappa shape index (κ1) is 15.1. The molecule has 0 aliphatic rings. The second-order valence-corrected chi connectivity index (χ2v) is 5.25.